The van der Waals surface area contributed by atoms with Crippen LogP contribution in [0.25, 0.3) is 22.7 Å². The lowest BCUT2D eigenvalue weighted by molar-refractivity contribution is -0.616. The van der Waals surface area contributed by atoms with Crippen molar-refractivity contribution in [2.45, 2.75) is 6.61 Å². The van der Waals surface area contributed by atoms with E-state index in [-0.39, 0.29) is 12.5 Å². The van der Waals surface area contributed by atoms with E-state index in [0.29, 0.717) is 43.4 Å². The minimum absolute atomic E-state index is 0.0558. The zero-order valence-electron chi connectivity index (χ0n) is 14.2. The van der Waals surface area contributed by atoms with Gasteiger partial charge in [-0.1, -0.05) is 0 Å². The molecule has 4 aromatic rings. The lowest BCUT2D eigenvalue weighted by atomic mass is 10.3. The van der Waals surface area contributed by atoms with Gasteiger partial charge in [-0.15, -0.1) is 0 Å². The number of pyridine rings is 3. The molecular weight excluding hydrogens is 352 g/mol. The number of ether oxygens (including phenoxy) is 2. The van der Waals surface area contributed by atoms with Gasteiger partial charge in [-0.2, -0.15) is 9.46 Å². The fourth-order valence-electron chi connectivity index (χ4n) is 2.47. The molecule has 4 aromatic heterocycles. The highest BCUT2D eigenvalue weighted by molar-refractivity contribution is 5.73. The van der Waals surface area contributed by atoms with E-state index in [4.69, 9.17) is 13.9 Å². The lowest BCUT2D eigenvalue weighted by Crippen LogP contribution is -2.32. The molecule has 0 amide bonds. The molecule has 0 unspecified atom stereocenters. The first kappa shape index (κ1) is 16.6. The van der Waals surface area contributed by atoms with E-state index in [2.05, 4.69) is 9.97 Å². The number of hydrogen-bond donors (Lipinski definition) is 0. The molecule has 0 aliphatic rings. The van der Waals surface area contributed by atoms with Crippen LogP contribution in [-0.2, 0) is 6.61 Å². The van der Waals surface area contributed by atoms with E-state index < -0.39 is 0 Å². The fourth-order valence-corrected chi connectivity index (χ4v) is 2.47. The zero-order chi connectivity index (χ0) is 18.8. The molecule has 27 heavy (non-hydrogen) atoms. The van der Waals surface area contributed by atoms with Crippen molar-refractivity contribution in [1.82, 2.24) is 9.97 Å². The lowest BCUT2D eigenvalue weighted by Gasteiger charge is -2.07. The Labute approximate surface area is 153 Å². The van der Waals surface area contributed by atoms with Gasteiger partial charge in [-0.3, -0.25) is 0 Å². The summed E-state index contributed by atoms with van der Waals surface area (Å²) in [5.41, 5.74) is 1.76. The highest BCUT2D eigenvalue weighted by Crippen LogP contribution is 2.24. The van der Waals surface area contributed by atoms with Crippen LogP contribution in [0.3, 0.4) is 0 Å². The molecule has 0 atom stereocenters. The van der Waals surface area contributed by atoms with E-state index in [1.165, 1.54) is 31.9 Å². The summed E-state index contributed by atoms with van der Waals surface area (Å²) in [7, 11) is 1.49. The molecule has 0 aliphatic heterocycles. The van der Waals surface area contributed by atoms with Crippen LogP contribution in [0.1, 0.15) is 5.69 Å². The maximum Gasteiger partial charge on any atom is 0.247 e. The average Bonchev–Trinajstić information content (AvgIpc) is 3.10. The van der Waals surface area contributed by atoms with Gasteiger partial charge in [-0.05, 0) is 12.1 Å². The van der Waals surface area contributed by atoms with Gasteiger partial charge in [0.05, 0.1) is 13.3 Å². The third-order valence-electron chi connectivity index (χ3n) is 3.83. The molecule has 0 saturated heterocycles. The van der Waals surface area contributed by atoms with Gasteiger partial charge in [-0.25, -0.2) is 9.97 Å². The molecule has 136 valence electrons. The molecular formula is C18H14N4O5. The van der Waals surface area contributed by atoms with Crippen LogP contribution in [0.4, 0.5) is 0 Å². The standard InChI is InChI=1S/C18H14N4O5/c1-25-14-5-4-13(22(24)10-14)11-26-15-7-16-18(19-8-15)27-17(20-16)12-3-2-6-21(23)9-12/h2-10H,11H2,1H3. The monoisotopic (exact) mass is 366 g/mol. The van der Waals surface area contributed by atoms with Gasteiger partial charge in [0.1, 0.15) is 16.8 Å². The predicted octanol–water partition coefficient (Wildman–Crippen LogP) is 1.74. The predicted molar refractivity (Wildman–Crippen MR) is 92.5 cm³/mol. The molecule has 0 N–H and O–H groups in total. The molecule has 0 spiro atoms. The highest BCUT2D eigenvalue weighted by atomic mass is 16.5. The number of hydrogen-bond acceptors (Lipinski definition) is 7. The second-order valence-electron chi connectivity index (χ2n) is 5.64. The van der Waals surface area contributed by atoms with Gasteiger partial charge < -0.3 is 24.3 Å². The number of methoxy groups -OCH3 is 1. The second kappa shape index (κ2) is 6.79. The van der Waals surface area contributed by atoms with Crippen LogP contribution >= 0.6 is 0 Å². The minimum atomic E-state index is 0.0558. The molecule has 0 radical (unpaired) electrons. The Morgan fingerprint density at radius 3 is 2.81 bits per heavy atom. The van der Waals surface area contributed by atoms with Gasteiger partial charge in [0.15, 0.2) is 24.8 Å². The van der Waals surface area contributed by atoms with Crippen LogP contribution in [0.2, 0.25) is 0 Å². The van der Waals surface area contributed by atoms with Gasteiger partial charge in [0.25, 0.3) is 0 Å². The van der Waals surface area contributed by atoms with Crippen LogP contribution in [0.15, 0.2) is 59.5 Å². The number of aromatic nitrogens is 4. The van der Waals surface area contributed by atoms with Crippen molar-refractivity contribution >= 4 is 11.2 Å². The van der Waals surface area contributed by atoms with Crippen molar-refractivity contribution in [3.05, 3.63) is 71.2 Å². The van der Waals surface area contributed by atoms with E-state index in [1.807, 2.05) is 0 Å². The average molecular weight is 366 g/mol. The van der Waals surface area contributed by atoms with E-state index in [9.17, 15) is 10.4 Å². The molecule has 9 heteroatoms. The van der Waals surface area contributed by atoms with Crippen molar-refractivity contribution in [1.29, 1.82) is 0 Å². The van der Waals surface area contributed by atoms with Gasteiger partial charge >= 0.3 is 0 Å². The summed E-state index contributed by atoms with van der Waals surface area (Å²) in [6, 6.07) is 8.28. The Hall–Kier alpha value is -3.88. The quantitative estimate of drug-likeness (QED) is 0.391. The Balaban J connectivity index is 1.55. The van der Waals surface area contributed by atoms with Crippen molar-refractivity contribution in [2.75, 3.05) is 7.11 Å². The summed E-state index contributed by atoms with van der Waals surface area (Å²) in [4.78, 5) is 8.50. The van der Waals surface area contributed by atoms with Crippen LogP contribution in [0.5, 0.6) is 11.5 Å². The second-order valence-corrected chi connectivity index (χ2v) is 5.64. The number of rotatable bonds is 5. The number of oxazole rings is 1. The third kappa shape index (κ3) is 3.43. The molecule has 0 saturated carbocycles. The van der Waals surface area contributed by atoms with E-state index in [1.54, 1.807) is 30.3 Å². The normalized spacial score (nSPS) is 10.9. The van der Waals surface area contributed by atoms with E-state index >= 15 is 0 Å². The molecule has 4 heterocycles. The summed E-state index contributed by atoms with van der Waals surface area (Å²) in [5.74, 6) is 1.18. The van der Waals surface area contributed by atoms with Gasteiger partial charge in [0, 0.05) is 18.2 Å². The molecule has 0 aromatic carbocycles. The Bertz CT molecular complexity index is 1110. The topological polar surface area (TPSA) is 111 Å². The van der Waals surface area contributed by atoms with Crippen LogP contribution in [-0.4, -0.2) is 17.1 Å². The maximum atomic E-state index is 11.9. The summed E-state index contributed by atoms with van der Waals surface area (Å²) in [6.07, 6.45) is 5.54. The van der Waals surface area contributed by atoms with Crippen LogP contribution in [0, 0.1) is 10.4 Å². The van der Waals surface area contributed by atoms with Crippen molar-refractivity contribution in [3.8, 4) is 23.0 Å². The van der Waals surface area contributed by atoms with Crippen LogP contribution < -0.4 is 18.9 Å². The van der Waals surface area contributed by atoms with Crippen molar-refractivity contribution in [2.24, 2.45) is 0 Å². The summed E-state index contributed by atoms with van der Waals surface area (Å²) in [6.45, 7) is 0.0558. The first-order chi connectivity index (χ1) is 13.1. The number of fused-ring (bicyclic) bond motifs is 1. The third-order valence-corrected chi connectivity index (χ3v) is 3.83. The molecule has 4 rings (SSSR count). The first-order valence-corrected chi connectivity index (χ1v) is 7.97. The zero-order valence-corrected chi connectivity index (χ0v) is 14.2. The smallest absolute Gasteiger partial charge is 0.247 e. The molecule has 0 aliphatic carbocycles. The first-order valence-electron chi connectivity index (χ1n) is 7.97. The summed E-state index contributed by atoms with van der Waals surface area (Å²) in [5, 5.41) is 23.3. The van der Waals surface area contributed by atoms with Crippen molar-refractivity contribution in [3.63, 3.8) is 0 Å². The summed E-state index contributed by atoms with van der Waals surface area (Å²) >= 11 is 0. The minimum Gasteiger partial charge on any atom is -0.619 e. The van der Waals surface area contributed by atoms with E-state index in [0.717, 1.165) is 0 Å². The Kier molecular flexibility index (Phi) is 4.17. The molecule has 0 bridgehead atoms. The highest BCUT2D eigenvalue weighted by Gasteiger charge is 2.13. The van der Waals surface area contributed by atoms with Crippen molar-refractivity contribution < 1.29 is 23.4 Å². The van der Waals surface area contributed by atoms with Gasteiger partial charge in [0.2, 0.25) is 23.5 Å². The Morgan fingerprint density at radius 2 is 2.04 bits per heavy atom. The fraction of sp³-hybridized carbons (Fsp3) is 0.111. The molecule has 0 fully saturated rings. The largest absolute Gasteiger partial charge is 0.619 e. The number of nitrogens with zero attached hydrogens (tertiary/aromatic N) is 4. The Morgan fingerprint density at radius 1 is 1.15 bits per heavy atom. The SMILES string of the molecule is COc1ccc(COc2cnc3oc(-c4ccc[n+]([O-])c4)nc3c2)[n+]([O-])c1. The molecule has 9 nitrogen and oxygen atoms in total. The maximum absolute atomic E-state index is 11.9. The summed E-state index contributed by atoms with van der Waals surface area (Å²) < 4.78 is 17.6.